The molecule has 0 radical (unpaired) electrons. The van der Waals surface area contributed by atoms with E-state index in [4.69, 9.17) is 33.2 Å². The van der Waals surface area contributed by atoms with Gasteiger partial charge in [-0.1, -0.05) is 54.6 Å². The first-order valence-electron chi connectivity index (χ1n) is 25.1. The van der Waals surface area contributed by atoms with Crippen molar-refractivity contribution in [3.63, 3.8) is 0 Å². The van der Waals surface area contributed by atoms with Crippen LogP contribution >= 0.6 is 0 Å². The van der Waals surface area contributed by atoms with Crippen molar-refractivity contribution >= 4 is 64.0 Å². The van der Waals surface area contributed by atoms with Crippen LogP contribution in [0.15, 0.2) is 108 Å². The highest BCUT2D eigenvalue weighted by atomic mass is 32.2. The van der Waals surface area contributed by atoms with Crippen LogP contribution in [0.25, 0.3) is 0 Å². The van der Waals surface area contributed by atoms with E-state index in [0.29, 0.717) is 14.2 Å². The molecule has 0 aliphatic heterocycles. The second kappa shape index (κ2) is 26.2. The number of esters is 4. The van der Waals surface area contributed by atoms with Crippen molar-refractivity contribution in [1.29, 1.82) is 0 Å². The Labute approximate surface area is 462 Å². The molecule has 79 heavy (non-hydrogen) atoms. The number of hydrogen-bond donors (Lipinski definition) is 2. The van der Waals surface area contributed by atoms with E-state index in [1.54, 1.807) is 134 Å². The topological polar surface area (TPSA) is 261 Å². The molecule has 0 bridgehead atoms. The van der Waals surface area contributed by atoms with Gasteiger partial charge < -0.3 is 38.5 Å². The Bertz CT molecular complexity index is 2950. The fraction of sp³-hybridized carbons (Fsp3) is 0.439. The number of alkyl carbamates (subject to hydrolysis) is 1. The van der Waals surface area contributed by atoms with Crippen molar-refractivity contribution in [2.45, 2.75) is 164 Å². The first kappa shape index (κ1) is 63.7. The first-order valence-corrected chi connectivity index (χ1v) is 26.5. The Kier molecular flexibility index (Phi) is 21.1. The molecule has 4 rings (SSSR count). The molecule has 1 atom stereocenters. The summed E-state index contributed by atoms with van der Waals surface area (Å²) in [6.07, 6.45) is -4.14. The van der Waals surface area contributed by atoms with Crippen LogP contribution in [0.3, 0.4) is 0 Å². The molecular formula is C57H73N5O16S. The zero-order valence-corrected chi connectivity index (χ0v) is 48.3. The van der Waals surface area contributed by atoms with E-state index in [1.807, 2.05) is 0 Å². The van der Waals surface area contributed by atoms with Crippen LogP contribution in [0, 0.1) is 0 Å². The number of carbonyl (C=O) groups is 7. The number of nitrogens with one attached hydrogen (secondary N) is 2. The van der Waals surface area contributed by atoms with Crippen molar-refractivity contribution in [2.24, 2.45) is 4.99 Å². The number of nitrogens with zero attached hydrogens (tertiary/aromatic N) is 3. The summed E-state index contributed by atoms with van der Waals surface area (Å²) >= 11 is 0. The largest absolute Gasteiger partial charge is 0.460 e. The van der Waals surface area contributed by atoms with Gasteiger partial charge in [0.05, 0.1) is 24.1 Å². The van der Waals surface area contributed by atoms with E-state index in [0.717, 1.165) is 0 Å². The molecule has 428 valence electrons. The van der Waals surface area contributed by atoms with Gasteiger partial charge in [-0.25, -0.2) is 24.0 Å². The minimum absolute atomic E-state index is 0.0131. The Balaban J connectivity index is 1.73. The third-order valence-electron chi connectivity index (χ3n) is 9.75. The van der Waals surface area contributed by atoms with Crippen molar-refractivity contribution < 1.29 is 75.1 Å². The van der Waals surface area contributed by atoms with Gasteiger partial charge in [0, 0.05) is 12.2 Å². The molecule has 0 spiro atoms. The molecule has 21 nitrogen and oxygen atoms in total. The third-order valence-corrected chi connectivity index (χ3v) is 11.6. The van der Waals surface area contributed by atoms with Crippen LogP contribution < -0.4 is 15.4 Å². The lowest BCUT2D eigenvalue weighted by Crippen LogP contribution is -2.54. The van der Waals surface area contributed by atoms with E-state index in [-0.39, 0.29) is 46.3 Å². The van der Waals surface area contributed by atoms with Gasteiger partial charge in [0.25, 0.3) is 0 Å². The van der Waals surface area contributed by atoms with E-state index in [1.165, 1.54) is 72.8 Å². The Hall–Kier alpha value is -7.85. The van der Waals surface area contributed by atoms with E-state index < -0.39 is 106 Å². The molecule has 0 aliphatic carbocycles. The van der Waals surface area contributed by atoms with Crippen molar-refractivity contribution in [3.05, 3.63) is 131 Å². The van der Waals surface area contributed by atoms with Crippen molar-refractivity contribution in [1.82, 2.24) is 13.9 Å². The monoisotopic (exact) mass is 1120 g/mol. The maximum Gasteiger partial charge on any atom is 0.437 e. The maximum atomic E-state index is 15.5. The zero-order chi connectivity index (χ0) is 59.3. The number of hydrogen-bond acceptors (Lipinski definition) is 16. The van der Waals surface area contributed by atoms with Crippen LogP contribution in [0.2, 0.25) is 0 Å². The number of carbonyl (C=O) groups excluding carboxylic acids is 7. The van der Waals surface area contributed by atoms with E-state index in [9.17, 15) is 33.6 Å². The molecule has 3 amide bonds. The van der Waals surface area contributed by atoms with Crippen LogP contribution in [-0.2, 0) is 67.9 Å². The molecular weight excluding hydrogens is 1040 g/mol. The van der Waals surface area contributed by atoms with Crippen LogP contribution in [0.1, 0.15) is 148 Å². The molecule has 0 aliphatic rings. The summed E-state index contributed by atoms with van der Waals surface area (Å²) in [5.74, 6) is -3.96. The quantitative estimate of drug-likeness (QED) is 0.0347. The van der Waals surface area contributed by atoms with Crippen LogP contribution in [0.5, 0.6) is 5.75 Å². The molecule has 0 unspecified atom stereocenters. The van der Waals surface area contributed by atoms with Crippen LogP contribution in [0.4, 0.5) is 20.1 Å². The standard InChI is InChI=1S/C57H73N5O16S/c1-53(2,3)74-45(63)33-44(48(66)76-55(7,8)9)61(35-39-22-19-23-41(32-39)47(65)75-54(4,5)6)79(70,71)62(52(69)72-36-38-20-17-16-18-21-38)34-37-24-30-43(31-25-37)73-46(64)40-26-28-42(29-27-40)58-49(59-50(67)77-56(10,11)12)60-51(68)78-57(13,14)15/h16-32,44H,33-36H2,1-15H3,(H2,58,59,60,67,68)/t44-/m0/s1. The number of guanidine groups is 1. The van der Waals surface area contributed by atoms with Gasteiger partial charge in [-0.15, -0.1) is 4.99 Å². The van der Waals surface area contributed by atoms with Gasteiger partial charge in [0.1, 0.15) is 46.4 Å². The molecule has 0 fully saturated rings. The Morgan fingerprint density at radius 1 is 0.557 bits per heavy atom. The normalized spacial score (nSPS) is 12.8. The molecule has 0 heterocycles. The predicted molar refractivity (Wildman–Crippen MR) is 293 cm³/mol. The highest BCUT2D eigenvalue weighted by molar-refractivity contribution is 7.87. The van der Waals surface area contributed by atoms with Gasteiger partial charge in [0.2, 0.25) is 5.96 Å². The summed E-state index contributed by atoms with van der Waals surface area (Å²) in [7, 11) is -5.30. The van der Waals surface area contributed by atoms with E-state index in [2.05, 4.69) is 15.6 Å². The molecule has 0 saturated carbocycles. The number of anilines is 1. The first-order chi connectivity index (χ1) is 36.3. The minimum atomic E-state index is -5.30. The maximum absolute atomic E-state index is 15.5. The third kappa shape index (κ3) is 22.6. The minimum Gasteiger partial charge on any atom is -0.460 e. The van der Waals surface area contributed by atoms with Gasteiger partial charge in [-0.05, 0) is 169 Å². The lowest BCUT2D eigenvalue weighted by atomic mass is 10.1. The second-order valence-electron chi connectivity index (χ2n) is 22.9. The molecule has 0 saturated heterocycles. The SMILES string of the molecule is CC(C)(C)OC(=O)C[C@@H](C(=O)OC(C)(C)C)N(Cc1cccc(C(=O)OC(C)(C)C)c1)S(=O)(=O)N(Cc1ccc(OC(=O)c2ccc(NC(=NC(=O)OC(C)(C)C)NC(=O)OC(C)(C)C)cc2)cc1)C(=O)OCc1ccccc1. The smallest absolute Gasteiger partial charge is 0.437 e. The number of rotatable bonds is 16. The lowest BCUT2D eigenvalue weighted by Gasteiger charge is -2.35. The van der Waals surface area contributed by atoms with Crippen molar-refractivity contribution in [2.75, 3.05) is 5.32 Å². The number of aliphatic imine (C=N–C) groups is 1. The molecule has 2 N–H and O–H groups in total. The summed E-state index contributed by atoms with van der Waals surface area (Å²) < 4.78 is 70.7. The fourth-order valence-electron chi connectivity index (χ4n) is 6.72. The average molecular weight is 1120 g/mol. The summed E-state index contributed by atoms with van der Waals surface area (Å²) in [4.78, 5) is 98.0. The molecule has 0 aromatic heterocycles. The van der Waals surface area contributed by atoms with Crippen molar-refractivity contribution in [3.8, 4) is 5.75 Å². The van der Waals surface area contributed by atoms with Gasteiger partial charge in [0.15, 0.2) is 0 Å². The van der Waals surface area contributed by atoms with Gasteiger partial charge in [-0.3, -0.25) is 14.9 Å². The molecule has 4 aromatic rings. The Morgan fingerprint density at radius 3 is 1.67 bits per heavy atom. The number of ether oxygens (including phenoxy) is 7. The van der Waals surface area contributed by atoms with Gasteiger partial charge in [-0.2, -0.15) is 17.0 Å². The molecule has 4 aromatic carbocycles. The highest BCUT2D eigenvalue weighted by Gasteiger charge is 2.45. The zero-order valence-electron chi connectivity index (χ0n) is 47.5. The average Bonchev–Trinajstić information content (AvgIpc) is 3.33. The van der Waals surface area contributed by atoms with E-state index >= 15 is 8.42 Å². The molecule has 22 heteroatoms. The summed E-state index contributed by atoms with van der Waals surface area (Å²) in [6, 6.07) is 23.5. The predicted octanol–water partition coefficient (Wildman–Crippen LogP) is 10.4. The number of amides is 3. The Morgan fingerprint density at radius 2 is 1.11 bits per heavy atom. The fourth-order valence-corrected chi connectivity index (χ4v) is 8.32. The summed E-state index contributed by atoms with van der Waals surface area (Å²) in [5.41, 5.74) is -3.64. The highest BCUT2D eigenvalue weighted by Crippen LogP contribution is 2.28. The second-order valence-corrected chi connectivity index (χ2v) is 24.8. The lowest BCUT2D eigenvalue weighted by molar-refractivity contribution is -0.167. The summed E-state index contributed by atoms with van der Waals surface area (Å²) in [6.45, 7) is 22.6. The summed E-state index contributed by atoms with van der Waals surface area (Å²) in [5, 5.41) is 5.17. The van der Waals surface area contributed by atoms with Gasteiger partial charge >= 0.3 is 52.4 Å². The number of benzene rings is 4. The van der Waals surface area contributed by atoms with Crippen LogP contribution in [-0.4, -0.2) is 99.2 Å².